The number of aliphatic carboxylic acids is 1. The molecule has 12 N–H and O–H groups in total. The van der Waals surface area contributed by atoms with Gasteiger partial charge in [0.2, 0.25) is 23.6 Å². The quantitative estimate of drug-likeness (QED) is 0.0442. The molecule has 0 aromatic rings. The van der Waals surface area contributed by atoms with Crippen molar-refractivity contribution in [1.82, 2.24) is 16.0 Å². The fourth-order valence-corrected chi connectivity index (χ4v) is 3.97. The van der Waals surface area contributed by atoms with Crippen molar-refractivity contribution >= 4 is 59.1 Å². The monoisotopic (exact) mass is 564 g/mol. The first-order chi connectivity index (χ1) is 17.4. The number of rotatable bonds is 20. The number of primary amides is 1. The standard InChI is InChI=1S/C21H40N8O6S2/c1-36-10-7-14(27-17(31)12(22)4-3-9-26-21(24)25)19(33)28-13(5-6-16(23)30)18(32)29-15(20(34)35)8-11-37-2/h12-15H,3-11,22H2,1-2H3,(H2,23,30)(H,27,31)(H,28,33)(H,29,32)(H,34,35)(H4,24,25,26). The van der Waals surface area contributed by atoms with Crippen LogP contribution in [0.4, 0.5) is 0 Å². The topological polar surface area (TPSA) is 258 Å². The van der Waals surface area contributed by atoms with Gasteiger partial charge >= 0.3 is 5.97 Å². The number of hydrogen-bond donors (Lipinski definition) is 8. The van der Waals surface area contributed by atoms with E-state index in [9.17, 15) is 29.1 Å². The number of carboxylic acid groups (broad SMARTS) is 1. The first-order valence-corrected chi connectivity index (χ1v) is 14.4. The Hall–Kier alpha value is -2.72. The Morgan fingerprint density at radius 3 is 1.76 bits per heavy atom. The Labute approximate surface area is 225 Å². The smallest absolute Gasteiger partial charge is 0.326 e. The van der Waals surface area contributed by atoms with Crippen LogP contribution in [0.3, 0.4) is 0 Å². The third-order valence-corrected chi connectivity index (χ3v) is 6.37. The fraction of sp³-hybridized carbons (Fsp3) is 0.714. The van der Waals surface area contributed by atoms with Gasteiger partial charge in [0, 0.05) is 13.0 Å². The minimum atomic E-state index is -1.24. The summed E-state index contributed by atoms with van der Waals surface area (Å²) in [6.45, 7) is 0.296. The SMILES string of the molecule is CSCCC(NC(=O)C(CCC(N)=O)NC(=O)C(CCSC)NC(=O)C(N)CCCN=C(N)N)C(=O)O. The van der Waals surface area contributed by atoms with Crippen LogP contribution in [0.2, 0.25) is 0 Å². The third kappa shape index (κ3) is 15.9. The summed E-state index contributed by atoms with van der Waals surface area (Å²) in [7, 11) is 0. The molecule has 0 bridgehead atoms. The molecule has 37 heavy (non-hydrogen) atoms. The molecule has 0 radical (unpaired) electrons. The zero-order valence-electron chi connectivity index (χ0n) is 21.2. The predicted molar refractivity (Wildman–Crippen MR) is 146 cm³/mol. The molecule has 16 heteroatoms. The summed E-state index contributed by atoms with van der Waals surface area (Å²) in [6.07, 6.45) is 4.41. The summed E-state index contributed by atoms with van der Waals surface area (Å²) >= 11 is 2.87. The van der Waals surface area contributed by atoms with Gasteiger partial charge in [-0.1, -0.05) is 0 Å². The summed E-state index contributed by atoms with van der Waals surface area (Å²) in [4.78, 5) is 65.1. The lowest BCUT2D eigenvalue weighted by molar-refractivity contribution is -0.142. The van der Waals surface area contributed by atoms with Crippen molar-refractivity contribution in [3.63, 3.8) is 0 Å². The van der Waals surface area contributed by atoms with Crippen molar-refractivity contribution in [3.8, 4) is 0 Å². The molecule has 14 nitrogen and oxygen atoms in total. The second kappa shape index (κ2) is 19.4. The summed E-state index contributed by atoms with van der Waals surface area (Å²) in [5.41, 5.74) is 21.7. The summed E-state index contributed by atoms with van der Waals surface area (Å²) in [6, 6.07) is -4.34. The zero-order valence-corrected chi connectivity index (χ0v) is 22.9. The van der Waals surface area contributed by atoms with Gasteiger partial charge in [0.05, 0.1) is 6.04 Å². The molecule has 0 fully saturated rings. The third-order valence-electron chi connectivity index (χ3n) is 5.09. The number of guanidine groups is 1. The molecule has 0 aliphatic carbocycles. The van der Waals surface area contributed by atoms with Crippen LogP contribution in [-0.4, -0.2) is 95.4 Å². The van der Waals surface area contributed by atoms with Gasteiger partial charge in [-0.25, -0.2) is 4.79 Å². The van der Waals surface area contributed by atoms with Gasteiger partial charge in [-0.15, -0.1) is 0 Å². The number of nitrogens with one attached hydrogen (secondary N) is 3. The lowest BCUT2D eigenvalue weighted by atomic mass is 10.1. The van der Waals surface area contributed by atoms with Crippen molar-refractivity contribution in [2.75, 3.05) is 30.6 Å². The van der Waals surface area contributed by atoms with E-state index in [0.717, 1.165) is 0 Å². The Morgan fingerprint density at radius 1 is 0.784 bits per heavy atom. The second-order valence-electron chi connectivity index (χ2n) is 8.15. The minimum absolute atomic E-state index is 0.0688. The van der Waals surface area contributed by atoms with Crippen LogP contribution in [-0.2, 0) is 24.0 Å². The van der Waals surface area contributed by atoms with Crippen molar-refractivity contribution in [2.45, 2.75) is 62.7 Å². The molecule has 0 aliphatic heterocycles. The van der Waals surface area contributed by atoms with Crippen LogP contribution in [0.1, 0.15) is 38.5 Å². The first-order valence-electron chi connectivity index (χ1n) is 11.6. The van der Waals surface area contributed by atoms with Crippen molar-refractivity contribution in [1.29, 1.82) is 0 Å². The van der Waals surface area contributed by atoms with E-state index in [1.54, 1.807) is 6.26 Å². The lowest BCUT2D eigenvalue weighted by Crippen LogP contribution is -2.57. The number of nitrogens with zero attached hydrogens (tertiary/aromatic N) is 1. The van der Waals surface area contributed by atoms with Crippen molar-refractivity contribution in [2.24, 2.45) is 27.9 Å². The molecule has 4 unspecified atom stereocenters. The zero-order chi connectivity index (χ0) is 28.4. The average Bonchev–Trinajstić information content (AvgIpc) is 2.83. The number of carboxylic acids is 1. The van der Waals surface area contributed by atoms with E-state index in [4.69, 9.17) is 22.9 Å². The van der Waals surface area contributed by atoms with E-state index in [0.29, 0.717) is 24.5 Å². The highest BCUT2D eigenvalue weighted by Gasteiger charge is 2.30. The van der Waals surface area contributed by atoms with E-state index < -0.39 is 53.8 Å². The van der Waals surface area contributed by atoms with E-state index in [1.165, 1.54) is 23.5 Å². The molecule has 4 atom stereocenters. The van der Waals surface area contributed by atoms with Crippen LogP contribution in [0.15, 0.2) is 4.99 Å². The molecule has 0 heterocycles. The van der Waals surface area contributed by atoms with Gasteiger partial charge in [0.1, 0.15) is 18.1 Å². The Morgan fingerprint density at radius 2 is 1.27 bits per heavy atom. The largest absolute Gasteiger partial charge is 0.480 e. The second-order valence-corrected chi connectivity index (χ2v) is 10.1. The molecule has 4 amide bonds. The van der Waals surface area contributed by atoms with Crippen molar-refractivity contribution in [3.05, 3.63) is 0 Å². The Balaban J connectivity index is 5.41. The van der Waals surface area contributed by atoms with Gasteiger partial charge in [-0.05, 0) is 56.1 Å². The van der Waals surface area contributed by atoms with Crippen LogP contribution in [0.5, 0.6) is 0 Å². The first kappa shape index (κ1) is 34.3. The van der Waals surface area contributed by atoms with Gasteiger partial charge in [0.25, 0.3) is 0 Å². The highest BCUT2D eigenvalue weighted by molar-refractivity contribution is 7.98. The average molecular weight is 565 g/mol. The molecular weight excluding hydrogens is 524 g/mol. The molecule has 0 aromatic carbocycles. The Bertz CT molecular complexity index is 797. The molecule has 212 valence electrons. The summed E-state index contributed by atoms with van der Waals surface area (Å²) in [5, 5.41) is 16.9. The van der Waals surface area contributed by atoms with E-state index in [2.05, 4.69) is 20.9 Å². The lowest BCUT2D eigenvalue weighted by Gasteiger charge is -2.25. The van der Waals surface area contributed by atoms with Crippen LogP contribution < -0.4 is 38.9 Å². The molecule has 0 aliphatic rings. The van der Waals surface area contributed by atoms with Gasteiger partial charge in [0.15, 0.2) is 5.96 Å². The molecule has 0 saturated heterocycles. The predicted octanol–water partition coefficient (Wildman–Crippen LogP) is -2.32. The molecule has 0 rings (SSSR count). The van der Waals surface area contributed by atoms with E-state index >= 15 is 0 Å². The van der Waals surface area contributed by atoms with Crippen LogP contribution in [0.25, 0.3) is 0 Å². The molecule has 0 spiro atoms. The molecule has 0 saturated carbocycles. The van der Waals surface area contributed by atoms with Crippen LogP contribution >= 0.6 is 23.5 Å². The number of carbonyl (C=O) groups excluding carboxylic acids is 4. The number of hydrogen-bond acceptors (Lipinski definition) is 9. The number of nitrogens with two attached hydrogens (primary N) is 4. The fourth-order valence-electron chi connectivity index (χ4n) is 3.03. The maximum absolute atomic E-state index is 13.1. The Kier molecular flexibility index (Phi) is 18.0. The van der Waals surface area contributed by atoms with E-state index in [-0.39, 0.29) is 38.1 Å². The number of carbonyl (C=O) groups is 5. The van der Waals surface area contributed by atoms with Crippen LogP contribution in [0, 0.1) is 0 Å². The normalized spacial score (nSPS) is 13.9. The van der Waals surface area contributed by atoms with E-state index in [1.807, 2.05) is 6.26 Å². The maximum atomic E-state index is 13.1. The van der Waals surface area contributed by atoms with Gasteiger partial charge < -0.3 is 44.0 Å². The molecule has 0 aromatic heterocycles. The number of thioether (sulfide) groups is 2. The van der Waals surface area contributed by atoms with Crippen molar-refractivity contribution < 1.29 is 29.1 Å². The maximum Gasteiger partial charge on any atom is 0.326 e. The van der Waals surface area contributed by atoms with Gasteiger partial charge in [-0.2, -0.15) is 23.5 Å². The van der Waals surface area contributed by atoms with Gasteiger partial charge in [-0.3, -0.25) is 24.2 Å². The molecular formula is C21H40N8O6S2. The summed E-state index contributed by atoms with van der Waals surface area (Å²) < 4.78 is 0. The highest BCUT2D eigenvalue weighted by Crippen LogP contribution is 2.07. The highest BCUT2D eigenvalue weighted by atomic mass is 32.2. The number of amides is 4. The number of aliphatic imine (C=N–C) groups is 1. The minimum Gasteiger partial charge on any atom is -0.480 e. The summed E-state index contributed by atoms with van der Waals surface area (Å²) in [5.74, 6) is -2.97.